The lowest BCUT2D eigenvalue weighted by Crippen LogP contribution is -2.51. The first kappa shape index (κ1) is 15.2. The van der Waals surface area contributed by atoms with Crippen molar-refractivity contribution in [3.8, 4) is 0 Å². The lowest BCUT2D eigenvalue weighted by Gasteiger charge is -2.40. The van der Waals surface area contributed by atoms with E-state index in [4.69, 9.17) is 4.74 Å². The number of aliphatic hydroxyl groups is 1. The maximum Gasteiger partial charge on any atom is 0.0829 e. The molecule has 19 heavy (non-hydrogen) atoms. The minimum atomic E-state index is -0.190. The minimum Gasteiger partial charge on any atom is -0.393 e. The first-order valence-corrected chi connectivity index (χ1v) is 7.95. The molecule has 2 heterocycles. The molecule has 112 valence electrons. The normalized spacial score (nSPS) is 32.4. The van der Waals surface area contributed by atoms with Crippen molar-refractivity contribution < 1.29 is 9.84 Å². The average Bonchev–Trinajstić information content (AvgIpc) is 2.41. The summed E-state index contributed by atoms with van der Waals surface area (Å²) in [5.74, 6) is 0. The molecule has 0 aromatic rings. The number of morpholine rings is 1. The Bertz CT molecular complexity index is 261. The molecule has 3 unspecified atom stereocenters. The van der Waals surface area contributed by atoms with Crippen LogP contribution in [0.1, 0.15) is 39.5 Å². The molecule has 4 nitrogen and oxygen atoms in total. The molecule has 0 saturated carbocycles. The third-order valence-corrected chi connectivity index (χ3v) is 4.47. The summed E-state index contributed by atoms with van der Waals surface area (Å²) in [5.41, 5.74) is 0. The summed E-state index contributed by atoms with van der Waals surface area (Å²) in [6.45, 7) is 10.5. The number of hydrogen-bond acceptors (Lipinski definition) is 4. The highest BCUT2D eigenvalue weighted by molar-refractivity contribution is 4.82. The van der Waals surface area contributed by atoms with E-state index in [9.17, 15) is 5.11 Å². The van der Waals surface area contributed by atoms with Gasteiger partial charge in [0.25, 0.3) is 0 Å². The SMILES string of the molecule is CCN1CCOC(CN2CCCCC2CC(C)O)C1. The van der Waals surface area contributed by atoms with Gasteiger partial charge in [0.2, 0.25) is 0 Å². The number of nitrogens with zero attached hydrogens (tertiary/aromatic N) is 2. The predicted molar refractivity (Wildman–Crippen MR) is 77.4 cm³/mol. The number of piperidine rings is 1. The summed E-state index contributed by atoms with van der Waals surface area (Å²) in [6.07, 6.45) is 4.90. The van der Waals surface area contributed by atoms with Crippen LogP contribution in [0, 0.1) is 0 Å². The summed E-state index contributed by atoms with van der Waals surface area (Å²) in [5, 5.41) is 9.64. The fraction of sp³-hybridized carbons (Fsp3) is 1.00. The highest BCUT2D eigenvalue weighted by Gasteiger charge is 2.28. The van der Waals surface area contributed by atoms with E-state index in [1.807, 2.05) is 6.92 Å². The van der Waals surface area contributed by atoms with Crippen molar-refractivity contribution in [2.45, 2.75) is 57.8 Å². The van der Waals surface area contributed by atoms with Crippen molar-refractivity contribution in [2.75, 3.05) is 39.3 Å². The molecule has 0 amide bonds. The van der Waals surface area contributed by atoms with Gasteiger partial charge in [0.15, 0.2) is 0 Å². The maximum atomic E-state index is 9.64. The van der Waals surface area contributed by atoms with Crippen LogP contribution in [0.2, 0.25) is 0 Å². The Morgan fingerprint density at radius 3 is 2.89 bits per heavy atom. The first-order chi connectivity index (χ1) is 9.19. The van der Waals surface area contributed by atoms with Crippen molar-refractivity contribution in [3.05, 3.63) is 0 Å². The Labute approximate surface area is 117 Å². The van der Waals surface area contributed by atoms with Crippen LogP contribution in [0.15, 0.2) is 0 Å². The summed E-state index contributed by atoms with van der Waals surface area (Å²) >= 11 is 0. The van der Waals surface area contributed by atoms with Crippen LogP contribution < -0.4 is 0 Å². The molecule has 0 aliphatic carbocycles. The molecule has 2 fully saturated rings. The van der Waals surface area contributed by atoms with E-state index in [0.29, 0.717) is 12.1 Å². The standard InChI is InChI=1S/C15H30N2O2/c1-3-16-8-9-19-15(11-16)12-17-7-5-4-6-14(17)10-13(2)18/h13-15,18H,3-12H2,1-2H3. The summed E-state index contributed by atoms with van der Waals surface area (Å²) in [7, 11) is 0. The van der Waals surface area contributed by atoms with Gasteiger partial charge in [-0.1, -0.05) is 13.3 Å². The van der Waals surface area contributed by atoms with Gasteiger partial charge in [0.1, 0.15) is 0 Å². The molecule has 0 aromatic heterocycles. The van der Waals surface area contributed by atoms with Crippen molar-refractivity contribution >= 4 is 0 Å². The molecule has 0 spiro atoms. The molecular formula is C15H30N2O2. The number of hydrogen-bond donors (Lipinski definition) is 1. The van der Waals surface area contributed by atoms with Crippen molar-refractivity contribution in [1.29, 1.82) is 0 Å². The van der Waals surface area contributed by atoms with Gasteiger partial charge in [-0.05, 0) is 39.3 Å². The van der Waals surface area contributed by atoms with E-state index in [0.717, 1.165) is 39.2 Å². The molecule has 3 atom stereocenters. The second kappa shape index (κ2) is 7.58. The highest BCUT2D eigenvalue weighted by Crippen LogP contribution is 2.22. The fourth-order valence-electron chi connectivity index (χ4n) is 3.40. The summed E-state index contributed by atoms with van der Waals surface area (Å²) in [6, 6.07) is 0.550. The molecule has 0 bridgehead atoms. The van der Waals surface area contributed by atoms with E-state index in [-0.39, 0.29) is 6.10 Å². The van der Waals surface area contributed by atoms with Gasteiger partial charge in [0.05, 0.1) is 18.8 Å². The minimum absolute atomic E-state index is 0.190. The average molecular weight is 270 g/mol. The number of likely N-dealkylation sites (tertiary alicyclic amines) is 1. The predicted octanol–water partition coefficient (Wildman–Crippen LogP) is 1.33. The zero-order valence-electron chi connectivity index (χ0n) is 12.6. The van der Waals surface area contributed by atoms with E-state index in [2.05, 4.69) is 16.7 Å². The lowest BCUT2D eigenvalue weighted by molar-refractivity contribution is -0.0536. The van der Waals surface area contributed by atoms with Crippen LogP contribution in [0.25, 0.3) is 0 Å². The van der Waals surface area contributed by atoms with Crippen LogP contribution >= 0.6 is 0 Å². The Morgan fingerprint density at radius 2 is 2.16 bits per heavy atom. The molecule has 2 saturated heterocycles. The second-order valence-electron chi connectivity index (χ2n) is 6.12. The Hall–Kier alpha value is -0.160. The molecule has 4 heteroatoms. The van der Waals surface area contributed by atoms with E-state index < -0.39 is 0 Å². The van der Waals surface area contributed by atoms with E-state index in [1.54, 1.807) is 0 Å². The Morgan fingerprint density at radius 1 is 1.32 bits per heavy atom. The van der Waals surface area contributed by atoms with Crippen molar-refractivity contribution in [1.82, 2.24) is 9.80 Å². The zero-order valence-corrected chi connectivity index (χ0v) is 12.6. The van der Waals surface area contributed by atoms with E-state index in [1.165, 1.54) is 25.8 Å². The topological polar surface area (TPSA) is 35.9 Å². The second-order valence-corrected chi connectivity index (χ2v) is 6.12. The molecule has 2 rings (SSSR count). The largest absolute Gasteiger partial charge is 0.393 e. The van der Waals surface area contributed by atoms with Gasteiger partial charge in [-0.2, -0.15) is 0 Å². The van der Waals surface area contributed by atoms with Crippen LogP contribution in [0.4, 0.5) is 0 Å². The molecular weight excluding hydrogens is 240 g/mol. The van der Waals surface area contributed by atoms with Crippen LogP contribution in [-0.4, -0.2) is 72.5 Å². The molecule has 0 aromatic carbocycles. The van der Waals surface area contributed by atoms with Crippen molar-refractivity contribution in [3.63, 3.8) is 0 Å². The Balaban J connectivity index is 1.84. The van der Waals surface area contributed by atoms with Crippen molar-refractivity contribution in [2.24, 2.45) is 0 Å². The highest BCUT2D eigenvalue weighted by atomic mass is 16.5. The molecule has 0 radical (unpaired) electrons. The number of rotatable bonds is 5. The Kier molecular flexibility index (Phi) is 6.07. The van der Waals surface area contributed by atoms with Gasteiger partial charge in [-0.15, -0.1) is 0 Å². The number of ether oxygens (including phenoxy) is 1. The first-order valence-electron chi connectivity index (χ1n) is 7.95. The van der Waals surface area contributed by atoms with Gasteiger partial charge >= 0.3 is 0 Å². The van der Waals surface area contributed by atoms with Gasteiger partial charge < -0.3 is 9.84 Å². The third kappa shape index (κ3) is 4.71. The third-order valence-electron chi connectivity index (χ3n) is 4.47. The van der Waals surface area contributed by atoms with Gasteiger partial charge in [0, 0.05) is 25.7 Å². The van der Waals surface area contributed by atoms with Gasteiger partial charge in [-0.3, -0.25) is 9.80 Å². The summed E-state index contributed by atoms with van der Waals surface area (Å²) < 4.78 is 5.92. The summed E-state index contributed by atoms with van der Waals surface area (Å²) in [4.78, 5) is 5.03. The van der Waals surface area contributed by atoms with Crippen LogP contribution in [-0.2, 0) is 4.74 Å². The molecule has 2 aliphatic heterocycles. The molecule has 1 N–H and O–H groups in total. The van der Waals surface area contributed by atoms with Crippen LogP contribution in [0.3, 0.4) is 0 Å². The number of likely N-dealkylation sites (N-methyl/N-ethyl adjacent to an activating group) is 1. The zero-order chi connectivity index (χ0) is 13.7. The van der Waals surface area contributed by atoms with Crippen LogP contribution in [0.5, 0.6) is 0 Å². The monoisotopic (exact) mass is 270 g/mol. The maximum absolute atomic E-state index is 9.64. The quantitative estimate of drug-likeness (QED) is 0.818. The smallest absolute Gasteiger partial charge is 0.0829 e. The number of aliphatic hydroxyl groups excluding tert-OH is 1. The van der Waals surface area contributed by atoms with Gasteiger partial charge in [-0.25, -0.2) is 0 Å². The lowest BCUT2D eigenvalue weighted by atomic mass is 9.96. The van der Waals surface area contributed by atoms with E-state index >= 15 is 0 Å². The molecule has 2 aliphatic rings. The fourth-order valence-corrected chi connectivity index (χ4v) is 3.40.